The van der Waals surface area contributed by atoms with Gasteiger partial charge < -0.3 is 25.2 Å². The fourth-order valence-electron chi connectivity index (χ4n) is 6.03. The van der Waals surface area contributed by atoms with Gasteiger partial charge in [-0.05, 0) is 56.8 Å². The highest BCUT2D eigenvalue weighted by Gasteiger charge is 2.53. The van der Waals surface area contributed by atoms with E-state index < -0.39 is 0 Å². The number of carbonyl (C=O) groups excluding carboxylic acids is 1. The first-order valence-electron chi connectivity index (χ1n) is 13.3. The summed E-state index contributed by atoms with van der Waals surface area (Å²) < 4.78 is 21.7. The second kappa shape index (κ2) is 9.03. The molecule has 200 valence electrons. The predicted octanol–water partition coefficient (Wildman–Crippen LogP) is 3.82. The van der Waals surface area contributed by atoms with Gasteiger partial charge in [-0.1, -0.05) is 6.07 Å². The molecule has 3 aliphatic rings. The van der Waals surface area contributed by atoms with Gasteiger partial charge in [-0.15, -0.1) is 0 Å². The van der Waals surface area contributed by atoms with Crippen LogP contribution in [0.25, 0.3) is 16.9 Å². The lowest BCUT2D eigenvalue weighted by Crippen LogP contribution is -2.53. The van der Waals surface area contributed by atoms with E-state index in [1.807, 2.05) is 28.8 Å². The van der Waals surface area contributed by atoms with Crippen molar-refractivity contribution in [2.75, 3.05) is 44.0 Å². The maximum atomic E-state index is 13.7. The number of pyridine rings is 2. The molecule has 1 aliphatic carbocycles. The Kier molecular flexibility index (Phi) is 5.57. The number of nitrogens with one attached hydrogen (secondary N) is 2. The molecule has 0 radical (unpaired) electrons. The maximum absolute atomic E-state index is 13.7. The summed E-state index contributed by atoms with van der Waals surface area (Å²) in [5, 5.41) is 6.29. The van der Waals surface area contributed by atoms with Crippen LogP contribution in [0, 0.1) is 5.82 Å². The minimum atomic E-state index is -0.339. The lowest BCUT2D eigenvalue weighted by molar-refractivity contribution is -0.0215. The number of imidazole rings is 1. The van der Waals surface area contributed by atoms with Gasteiger partial charge in [-0.3, -0.25) is 9.20 Å². The molecule has 1 saturated carbocycles. The van der Waals surface area contributed by atoms with Crippen molar-refractivity contribution in [2.45, 2.75) is 31.0 Å². The monoisotopic (exact) mass is 527 g/mol. The number of hydrogen-bond acceptors (Lipinski definition) is 7. The number of halogens is 1. The molecular weight excluding hydrogens is 497 g/mol. The van der Waals surface area contributed by atoms with Gasteiger partial charge in [0.25, 0.3) is 5.91 Å². The Hall–Kier alpha value is -4.02. The normalized spacial score (nSPS) is 19.8. The van der Waals surface area contributed by atoms with E-state index in [0.717, 1.165) is 35.6 Å². The summed E-state index contributed by atoms with van der Waals surface area (Å²) in [6, 6.07) is 10.7. The molecule has 4 aromatic rings. The molecule has 2 N–H and O–H groups in total. The molecule has 1 saturated heterocycles. The largest absolute Gasteiger partial charge is 0.373 e. The lowest BCUT2D eigenvalue weighted by Gasteiger charge is -2.40. The number of morpholine rings is 1. The molecule has 0 spiro atoms. The standard InChI is InChI=1S/C29H30FN7O2/c1-35(2)29(8-9-29)24-17-36(11-12-39-24)19-3-6-25(31-14-19)34-22-5-4-20(21-15-33-28(38)27(21)22)23-16-32-26-13-18(30)7-10-37(23)26/h3-7,10,13-14,16,24H,8-9,11-12,15,17H2,1-2H3,(H,31,34)(H,33,38)/t24-/m0/s1. The fraction of sp³-hybridized carbons (Fsp3) is 0.345. The van der Waals surface area contributed by atoms with E-state index in [9.17, 15) is 9.18 Å². The Labute approximate surface area is 225 Å². The van der Waals surface area contributed by atoms with Crippen molar-refractivity contribution in [1.29, 1.82) is 0 Å². The number of nitrogens with zero attached hydrogens (tertiary/aromatic N) is 5. The second-order valence-corrected chi connectivity index (χ2v) is 10.7. The number of anilines is 3. The van der Waals surface area contributed by atoms with E-state index in [1.165, 1.54) is 25.0 Å². The van der Waals surface area contributed by atoms with Crippen LogP contribution in [0.1, 0.15) is 28.8 Å². The molecule has 2 aliphatic heterocycles. The van der Waals surface area contributed by atoms with Gasteiger partial charge in [-0.2, -0.15) is 0 Å². The third kappa shape index (κ3) is 4.02. The molecule has 3 aromatic heterocycles. The summed E-state index contributed by atoms with van der Waals surface area (Å²) in [6.45, 7) is 2.79. The summed E-state index contributed by atoms with van der Waals surface area (Å²) in [5.74, 6) is 0.184. The van der Waals surface area contributed by atoms with Gasteiger partial charge in [-0.25, -0.2) is 14.4 Å². The van der Waals surface area contributed by atoms with Gasteiger partial charge >= 0.3 is 0 Å². The topological polar surface area (TPSA) is 87.0 Å². The van der Waals surface area contributed by atoms with Gasteiger partial charge in [0.15, 0.2) is 0 Å². The van der Waals surface area contributed by atoms with Crippen molar-refractivity contribution >= 4 is 28.7 Å². The summed E-state index contributed by atoms with van der Waals surface area (Å²) in [7, 11) is 4.28. The molecule has 7 rings (SSSR count). The number of fused-ring (bicyclic) bond motifs is 2. The average Bonchev–Trinajstić information content (AvgIpc) is 3.54. The summed E-state index contributed by atoms with van der Waals surface area (Å²) in [5.41, 5.74) is 5.57. The molecular formula is C29H30FN7O2. The molecule has 2 fully saturated rings. The van der Waals surface area contributed by atoms with Crippen molar-refractivity contribution < 1.29 is 13.9 Å². The van der Waals surface area contributed by atoms with E-state index >= 15 is 0 Å². The molecule has 39 heavy (non-hydrogen) atoms. The smallest absolute Gasteiger partial charge is 0.254 e. The summed E-state index contributed by atoms with van der Waals surface area (Å²) in [6.07, 6.45) is 7.78. The van der Waals surface area contributed by atoms with E-state index in [-0.39, 0.29) is 23.4 Å². The number of ether oxygens (including phenoxy) is 1. The molecule has 10 heteroatoms. The van der Waals surface area contributed by atoms with Crippen molar-refractivity contribution in [2.24, 2.45) is 0 Å². The van der Waals surface area contributed by atoms with Crippen LogP contribution >= 0.6 is 0 Å². The number of hydrogen-bond donors (Lipinski definition) is 2. The average molecular weight is 528 g/mol. The number of rotatable bonds is 6. The zero-order valence-electron chi connectivity index (χ0n) is 21.9. The minimum absolute atomic E-state index is 0.139. The minimum Gasteiger partial charge on any atom is -0.373 e. The molecule has 9 nitrogen and oxygen atoms in total. The molecule has 1 aromatic carbocycles. The van der Waals surface area contributed by atoms with E-state index in [2.05, 4.69) is 50.6 Å². The summed E-state index contributed by atoms with van der Waals surface area (Å²) >= 11 is 0. The number of aromatic nitrogens is 3. The highest BCUT2D eigenvalue weighted by molar-refractivity contribution is 6.06. The Balaban J connectivity index is 1.13. The van der Waals surface area contributed by atoms with Crippen molar-refractivity contribution in [3.05, 3.63) is 71.9 Å². The third-order valence-electron chi connectivity index (χ3n) is 8.41. The van der Waals surface area contributed by atoms with Gasteiger partial charge in [0.1, 0.15) is 17.3 Å². The van der Waals surface area contributed by atoms with Crippen LogP contribution < -0.4 is 15.5 Å². The first-order valence-corrected chi connectivity index (χ1v) is 13.3. The number of carbonyl (C=O) groups is 1. The van der Waals surface area contributed by atoms with Crippen LogP contribution in [0.3, 0.4) is 0 Å². The number of amides is 1. The van der Waals surface area contributed by atoms with E-state index in [0.29, 0.717) is 35.9 Å². The fourth-order valence-corrected chi connectivity index (χ4v) is 6.03. The Bertz CT molecular complexity index is 1580. The highest BCUT2D eigenvalue weighted by atomic mass is 19.1. The van der Waals surface area contributed by atoms with Gasteiger partial charge in [0.2, 0.25) is 0 Å². The Morgan fingerprint density at radius 3 is 2.79 bits per heavy atom. The van der Waals surface area contributed by atoms with Crippen molar-refractivity contribution in [3.8, 4) is 11.3 Å². The highest BCUT2D eigenvalue weighted by Crippen LogP contribution is 2.45. The van der Waals surface area contributed by atoms with Crippen LogP contribution in [0.5, 0.6) is 0 Å². The predicted molar refractivity (Wildman–Crippen MR) is 147 cm³/mol. The number of benzene rings is 1. The zero-order chi connectivity index (χ0) is 26.7. The van der Waals surface area contributed by atoms with E-state index in [1.54, 1.807) is 12.4 Å². The van der Waals surface area contributed by atoms with Crippen LogP contribution in [0.2, 0.25) is 0 Å². The maximum Gasteiger partial charge on any atom is 0.254 e. The van der Waals surface area contributed by atoms with E-state index in [4.69, 9.17) is 4.74 Å². The first kappa shape index (κ1) is 24.1. The lowest BCUT2D eigenvalue weighted by atomic mass is 9.99. The molecule has 0 bridgehead atoms. The van der Waals surface area contributed by atoms with Crippen LogP contribution in [0.4, 0.5) is 21.6 Å². The van der Waals surface area contributed by atoms with Crippen molar-refractivity contribution in [3.63, 3.8) is 0 Å². The van der Waals surface area contributed by atoms with Crippen molar-refractivity contribution in [1.82, 2.24) is 24.6 Å². The molecule has 1 atom stereocenters. The Morgan fingerprint density at radius 2 is 2.03 bits per heavy atom. The summed E-state index contributed by atoms with van der Waals surface area (Å²) in [4.78, 5) is 26.5. The van der Waals surface area contributed by atoms with Crippen LogP contribution in [-0.4, -0.2) is 70.6 Å². The molecule has 5 heterocycles. The van der Waals surface area contributed by atoms with Gasteiger partial charge in [0.05, 0.1) is 47.7 Å². The second-order valence-electron chi connectivity index (χ2n) is 10.7. The number of likely N-dealkylation sites (N-methyl/N-ethyl adjacent to an activating group) is 1. The molecule has 1 amide bonds. The van der Waals surface area contributed by atoms with Crippen LogP contribution in [-0.2, 0) is 11.3 Å². The zero-order valence-corrected chi connectivity index (χ0v) is 21.9. The SMILES string of the molecule is CN(C)C1([C@@H]2CN(c3ccc(Nc4ccc(-c5cnc6cc(F)ccn56)c5c4C(=O)NC5)nc3)CCO2)CC1. The first-order chi connectivity index (χ1) is 18.9. The quantitative estimate of drug-likeness (QED) is 0.394. The van der Waals surface area contributed by atoms with Crippen LogP contribution in [0.15, 0.2) is 55.0 Å². The Morgan fingerprint density at radius 1 is 1.15 bits per heavy atom. The van der Waals surface area contributed by atoms with Gasteiger partial charge in [0, 0.05) is 43.0 Å². The molecule has 0 unspecified atom stereocenters. The third-order valence-corrected chi connectivity index (χ3v) is 8.41.